The van der Waals surface area contributed by atoms with Gasteiger partial charge in [0, 0.05) is 24.2 Å². The molecular weight excluding hydrogens is 330 g/mol. The summed E-state index contributed by atoms with van der Waals surface area (Å²) in [7, 11) is 3.88. The molecule has 1 unspecified atom stereocenters. The summed E-state index contributed by atoms with van der Waals surface area (Å²) in [6, 6.07) is 13.1. The van der Waals surface area contributed by atoms with E-state index >= 15 is 0 Å². The molecule has 26 heavy (non-hydrogen) atoms. The van der Waals surface area contributed by atoms with E-state index in [4.69, 9.17) is 14.7 Å². The van der Waals surface area contributed by atoms with E-state index in [1.165, 1.54) is 0 Å². The molecule has 0 saturated heterocycles. The van der Waals surface area contributed by atoms with Gasteiger partial charge in [0.05, 0.1) is 16.6 Å². The van der Waals surface area contributed by atoms with Crippen molar-refractivity contribution >= 4 is 22.4 Å². The van der Waals surface area contributed by atoms with Crippen molar-refractivity contribution in [2.24, 2.45) is 0 Å². The highest BCUT2D eigenvalue weighted by Crippen LogP contribution is 2.30. The Kier molecular flexibility index (Phi) is 5.10. The first-order valence-corrected chi connectivity index (χ1v) is 8.39. The highest BCUT2D eigenvalue weighted by Gasteiger charge is 2.21. The lowest BCUT2D eigenvalue weighted by molar-refractivity contribution is 0.0293. The predicted molar refractivity (Wildman–Crippen MR) is 99.4 cm³/mol. The molecule has 6 heteroatoms. The summed E-state index contributed by atoms with van der Waals surface area (Å²) in [6.07, 6.45) is 1.68. The van der Waals surface area contributed by atoms with Crippen molar-refractivity contribution in [3.63, 3.8) is 0 Å². The van der Waals surface area contributed by atoms with Crippen LogP contribution in [0, 0.1) is 11.3 Å². The average Bonchev–Trinajstić information content (AvgIpc) is 2.93. The molecule has 2 heterocycles. The topological polar surface area (TPSA) is 67.0 Å². The van der Waals surface area contributed by atoms with Gasteiger partial charge in [0.1, 0.15) is 17.9 Å². The number of pyridine rings is 1. The minimum absolute atomic E-state index is 0.0221. The molecule has 3 rings (SSSR count). The van der Waals surface area contributed by atoms with E-state index in [0.717, 1.165) is 16.4 Å². The molecule has 0 N–H and O–H groups in total. The molecule has 1 aromatic carbocycles. The van der Waals surface area contributed by atoms with Crippen molar-refractivity contribution in [3.8, 4) is 11.8 Å². The van der Waals surface area contributed by atoms with Gasteiger partial charge in [-0.25, -0.2) is 4.79 Å². The summed E-state index contributed by atoms with van der Waals surface area (Å²) < 4.78 is 13.0. The van der Waals surface area contributed by atoms with E-state index < -0.39 is 0 Å². The summed E-state index contributed by atoms with van der Waals surface area (Å²) in [6.45, 7) is 2.51. The number of fused-ring (bicyclic) bond motifs is 3. The largest absolute Gasteiger partial charge is 0.479 e. The van der Waals surface area contributed by atoms with Crippen molar-refractivity contribution in [1.29, 1.82) is 5.26 Å². The third kappa shape index (κ3) is 3.48. The fourth-order valence-corrected chi connectivity index (χ4v) is 3.13. The van der Waals surface area contributed by atoms with Crippen molar-refractivity contribution in [2.75, 3.05) is 27.2 Å². The van der Waals surface area contributed by atoms with Gasteiger partial charge < -0.3 is 18.8 Å². The van der Waals surface area contributed by atoms with Crippen molar-refractivity contribution in [1.82, 2.24) is 9.30 Å². The molecule has 0 aliphatic rings. The van der Waals surface area contributed by atoms with Crippen LogP contribution in [0.3, 0.4) is 0 Å². The van der Waals surface area contributed by atoms with Crippen LogP contribution in [0.1, 0.15) is 17.3 Å². The molecule has 0 radical (unpaired) electrons. The minimum Gasteiger partial charge on any atom is -0.479 e. The molecule has 1 atom stereocenters. The normalized spacial score (nSPS) is 12.3. The van der Waals surface area contributed by atoms with Crippen LogP contribution >= 0.6 is 0 Å². The average molecular weight is 351 g/mol. The Bertz CT molecular complexity index is 985. The molecule has 6 nitrogen and oxygen atoms in total. The Hall–Kier alpha value is -3.04. The summed E-state index contributed by atoms with van der Waals surface area (Å²) in [5.41, 5.74) is 2.16. The van der Waals surface area contributed by atoms with Gasteiger partial charge in [-0.1, -0.05) is 6.07 Å². The first kappa shape index (κ1) is 17.8. The van der Waals surface area contributed by atoms with Crippen LogP contribution in [0.5, 0.6) is 5.75 Å². The quantitative estimate of drug-likeness (QED) is 0.639. The molecule has 0 amide bonds. The highest BCUT2D eigenvalue weighted by molar-refractivity contribution is 6.12. The zero-order chi connectivity index (χ0) is 18.7. The molecule has 0 fully saturated rings. The molecule has 134 valence electrons. The Balaban J connectivity index is 2.06. The van der Waals surface area contributed by atoms with E-state index in [-0.39, 0.29) is 18.7 Å². The van der Waals surface area contributed by atoms with Gasteiger partial charge in [-0.2, -0.15) is 5.26 Å². The highest BCUT2D eigenvalue weighted by atomic mass is 16.5. The van der Waals surface area contributed by atoms with Gasteiger partial charge in [0.15, 0.2) is 6.61 Å². The van der Waals surface area contributed by atoms with Crippen LogP contribution < -0.4 is 4.74 Å². The molecule has 3 aromatic rings. The van der Waals surface area contributed by atoms with Crippen LogP contribution in [-0.4, -0.2) is 48.6 Å². The van der Waals surface area contributed by atoms with Crippen LogP contribution in [-0.2, 0) is 4.74 Å². The fraction of sp³-hybridized carbons (Fsp3) is 0.300. The Morgan fingerprint density at radius 2 is 2.08 bits per heavy atom. The van der Waals surface area contributed by atoms with Gasteiger partial charge in [-0.15, -0.1) is 0 Å². The van der Waals surface area contributed by atoms with Gasteiger partial charge in [-0.3, -0.25) is 0 Å². The van der Waals surface area contributed by atoms with Crippen molar-refractivity contribution in [2.45, 2.75) is 13.0 Å². The van der Waals surface area contributed by atoms with Gasteiger partial charge in [0.25, 0.3) is 0 Å². The van der Waals surface area contributed by atoms with Crippen LogP contribution in [0.4, 0.5) is 0 Å². The fourth-order valence-electron chi connectivity index (χ4n) is 3.13. The van der Waals surface area contributed by atoms with Crippen LogP contribution in [0.2, 0.25) is 0 Å². The van der Waals surface area contributed by atoms with E-state index in [0.29, 0.717) is 17.9 Å². The number of aromatic nitrogens is 1. The molecule has 0 bridgehead atoms. The Morgan fingerprint density at radius 3 is 2.81 bits per heavy atom. The van der Waals surface area contributed by atoms with E-state index in [2.05, 4.69) is 0 Å². The number of carbonyl (C=O) groups excluding carboxylic acids is 1. The number of hydrogen-bond acceptors (Lipinski definition) is 5. The molecule has 0 aliphatic heterocycles. The van der Waals surface area contributed by atoms with E-state index in [1.807, 2.05) is 72.9 Å². The zero-order valence-corrected chi connectivity index (χ0v) is 15.1. The van der Waals surface area contributed by atoms with Crippen molar-refractivity contribution < 1.29 is 14.3 Å². The number of ether oxygens (including phenoxy) is 2. The number of nitriles is 1. The number of hydrogen-bond donors (Lipinski definition) is 0. The standard InChI is InChI=1S/C20H21N3O3/c1-14(13-22(2)3)26-20(24)19-16-8-7-15(25-11-9-21)12-18(16)23-10-5-4-6-17(19)23/h4-8,10,12,14H,11,13H2,1-3H3. The second kappa shape index (κ2) is 7.46. The molecular formula is C20H21N3O3. The number of rotatable bonds is 6. The summed E-state index contributed by atoms with van der Waals surface area (Å²) in [5.74, 6) is 0.243. The number of likely N-dealkylation sites (N-methyl/N-ethyl adjacent to an activating group) is 1. The monoisotopic (exact) mass is 351 g/mol. The number of esters is 1. The lowest BCUT2D eigenvalue weighted by atomic mass is 10.1. The second-order valence-corrected chi connectivity index (χ2v) is 6.43. The third-order valence-electron chi connectivity index (χ3n) is 4.05. The lowest BCUT2D eigenvalue weighted by Crippen LogP contribution is -2.28. The smallest absolute Gasteiger partial charge is 0.341 e. The van der Waals surface area contributed by atoms with Gasteiger partial charge in [0.2, 0.25) is 0 Å². The van der Waals surface area contributed by atoms with Crippen LogP contribution in [0.15, 0.2) is 42.6 Å². The maximum absolute atomic E-state index is 12.9. The first-order chi connectivity index (χ1) is 12.5. The Morgan fingerprint density at radius 1 is 1.27 bits per heavy atom. The van der Waals surface area contributed by atoms with Crippen LogP contribution in [0.25, 0.3) is 16.4 Å². The summed E-state index contributed by atoms with van der Waals surface area (Å²) >= 11 is 0. The first-order valence-electron chi connectivity index (χ1n) is 8.39. The maximum Gasteiger partial charge on any atom is 0.341 e. The third-order valence-corrected chi connectivity index (χ3v) is 4.05. The molecule has 2 aromatic heterocycles. The number of benzene rings is 1. The molecule has 0 aliphatic carbocycles. The Labute approximate surface area is 152 Å². The van der Waals surface area contributed by atoms with Crippen molar-refractivity contribution in [3.05, 3.63) is 48.2 Å². The number of nitrogens with zero attached hydrogens (tertiary/aromatic N) is 3. The van der Waals surface area contributed by atoms with Gasteiger partial charge >= 0.3 is 5.97 Å². The predicted octanol–water partition coefficient (Wildman–Crippen LogP) is 3.10. The second-order valence-electron chi connectivity index (χ2n) is 6.43. The molecule has 0 saturated carbocycles. The maximum atomic E-state index is 12.9. The summed E-state index contributed by atoms with van der Waals surface area (Å²) in [4.78, 5) is 14.8. The van der Waals surface area contributed by atoms with Gasteiger partial charge in [-0.05, 0) is 45.3 Å². The molecule has 0 spiro atoms. The lowest BCUT2D eigenvalue weighted by Gasteiger charge is -2.17. The SMILES string of the molecule is CC(CN(C)C)OC(=O)c1c2ccc(OCC#N)cc2n2ccccc12. The van der Waals surface area contributed by atoms with E-state index in [9.17, 15) is 4.79 Å². The zero-order valence-electron chi connectivity index (χ0n) is 15.1. The van der Waals surface area contributed by atoms with E-state index in [1.54, 1.807) is 6.07 Å². The summed E-state index contributed by atoms with van der Waals surface area (Å²) in [5, 5.41) is 9.48. The minimum atomic E-state index is -0.344. The number of carbonyl (C=O) groups is 1.